The van der Waals surface area contributed by atoms with Gasteiger partial charge in [-0.3, -0.25) is 0 Å². The van der Waals surface area contributed by atoms with Gasteiger partial charge < -0.3 is 4.98 Å². The van der Waals surface area contributed by atoms with Crippen LogP contribution in [-0.2, 0) is 6.42 Å². The molecule has 82 valence electrons. The quantitative estimate of drug-likeness (QED) is 0.745. The highest BCUT2D eigenvalue weighted by Crippen LogP contribution is 2.29. The fraction of sp³-hybridized carbons (Fsp3) is 0.0769. The lowest BCUT2D eigenvalue weighted by Crippen LogP contribution is -1.80. The van der Waals surface area contributed by atoms with Crippen molar-refractivity contribution >= 4 is 22.2 Å². The number of fused-ring (bicyclic) bond motifs is 1. The van der Waals surface area contributed by atoms with E-state index in [1.54, 1.807) is 0 Å². The number of aromatic nitrogens is 2. The van der Waals surface area contributed by atoms with E-state index >= 15 is 0 Å². The van der Waals surface area contributed by atoms with Gasteiger partial charge >= 0.3 is 0 Å². The number of aromatic amines is 1. The molecule has 0 amide bonds. The van der Waals surface area contributed by atoms with Crippen molar-refractivity contribution in [3.63, 3.8) is 0 Å². The number of rotatable bonds is 2. The Morgan fingerprint density at radius 2 is 2.24 bits per heavy atom. The normalized spacial score (nSPS) is 10.5. The van der Waals surface area contributed by atoms with Gasteiger partial charge in [0.25, 0.3) is 0 Å². The van der Waals surface area contributed by atoms with Crippen LogP contribution in [0.3, 0.4) is 0 Å². The number of nitrogens with one attached hydrogen (secondary N) is 1. The van der Waals surface area contributed by atoms with Gasteiger partial charge in [-0.25, -0.2) is 4.98 Å². The zero-order valence-corrected chi connectivity index (χ0v) is 9.79. The summed E-state index contributed by atoms with van der Waals surface area (Å²) in [5.74, 6) is 0. The third-order valence-electron chi connectivity index (χ3n) is 2.65. The van der Waals surface area contributed by atoms with E-state index in [0.29, 0.717) is 6.42 Å². The van der Waals surface area contributed by atoms with Gasteiger partial charge in [0.2, 0.25) is 0 Å². The highest BCUT2D eigenvalue weighted by atomic mass is 32.1. The van der Waals surface area contributed by atoms with Gasteiger partial charge in [0.05, 0.1) is 18.2 Å². The van der Waals surface area contributed by atoms with Crippen molar-refractivity contribution in [2.24, 2.45) is 0 Å². The summed E-state index contributed by atoms with van der Waals surface area (Å²) in [4.78, 5) is 7.70. The highest BCUT2D eigenvalue weighted by molar-refractivity contribution is 7.10. The van der Waals surface area contributed by atoms with Crippen molar-refractivity contribution in [2.45, 2.75) is 6.42 Å². The first-order chi connectivity index (χ1) is 8.38. The van der Waals surface area contributed by atoms with E-state index in [4.69, 9.17) is 5.26 Å². The smallest absolute Gasteiger partial charge is 0.107 e. The molecular formula is C13H9N3S. The number of nitrogens with zero attached hydrogens (tertiary/aromatic N) is 2. The van der Waals surface area contributed by atoms with Crippen LogP contribution in [0, 0.1) is 11.3 Å². The van der Waals surface area contributed by atoms with Crippen LogP contribution in [0.2, 0.25) is 0 Å². The van der Waals surface area contributed by atoms with Gasteiger partial charge in [-0.2, -0.15) is 5.26 Å². The lowest BCUT2D eigenvalue weighted by molar-refractivity contribution is 1.19. The average molecular weight is 239 g/mol. The maximum Gasteiger partial charge on any atom is 0.107 e. The topological polar surface area (TPSA) is 52.5 Å². The predicted octanol–water partition coefficient (Wildman–Crippen LogP) is 3.36. The molecule has 1 aromatic carbocycles. The van der Waals surface area contributed by atoms with E-state index < -0.39 is 0 Å². The Bertz CT molecular complexity index is 703. The zero-order chi connectivity index (χ0) is 11.7. The lowest BCUT2D eigenvalue weighted by Gasteiger charge is -1.93. The molecule has 17 heavy (non-hydrogen) atoms. The molecule has 3 aromatic rings. The van der Waals surface area contributed by atoms with Crippen molar-refractivity contribution < 1.29 is 0 Å². The molecule has 0 aliphatic heterocycles. The first-order valence-electron chi connectivity index (χ1n) is 5.26. The Kier molecular flexibility index (Phi) is 2.39. The molecule has 0 aliphatic rings. The fourth-order valence-corrected chi connectivity index (χ4v) is 2.59. The highest BCUT2D eigenvalue weighted by Gasteiger charge is 2.09. The molecule has 0 atom stereocenters. The van der Waals surface area contributed by atoms with E-state index in [1.807, 2.05) is 29.8 Å². The van der Waals surface area contributed by atoms with E-state index in [2.05, 4.69) is 22.1 Å². The largest absolute Gasteiger partial charge is 0.360 e. The monoisotopic (exact) mass is 239 g/mol. The summed E-state index contributed by atoms with van der Waals surface area (Å²) in [5, 5.41) is 12.7. The van der Waals surface area contributed by atoms with Crippen LogP contribution in [0.5, 0.6) is 0 Å². The van der Waals surface area contributed by atoms with E-state index in [-0.39, 0.29) is 0 Å². The van der Waals surface area contributed by atoms with Crippen molar-refractivity contribution in [1.82, 2.24) is 9.97 Å². The molecule has 0 saturated carbocycles. The second-order valence-electron chi connectivity index (χ2n) is 3.71. The van der Waals surface area contributed by atoms with Gasteiger partial charge in [-0.05, 0) is 6.07 Å². The number of hydrogen-bond acceptors (Lipinski definition) is 3. The number of thiazole rings is 1. The molecule has 0 radical (unpaired) electrons. The van der Waals surface area contributed by atoms with Crippen molar-refractivity contribution in [3.05, 3.63) is 40.8 Å². The second kappa shape index (κ2) is 4.04. The Labute approximate surface area is 102 Å². The molecule has 3 rings (SSSR count). The summed E-state index contributed by atoms with van der Waals surface area (Å²) >= 11 is 1.53. The summed E-state index contributed by atoms with van der Waals surface area (Å²) in [6.45, 7) is 0. The molecule has 0 saturated heterocycles. The van der Waals surface area contributed by atoms with Crippen molar-refractivity contribution in [2.75, 3.05) is 0 Å². The predicted molar refractivity (Wildman–Crippen MR) is 68.7 cm³/mol. The zero-order valence-electron chi connectivity index (χ0n) is 8.97. The molecule has 0 aliphatic carbocycles. The van der Waals surface area contributed by atoms with Crippen LogP contribution in [-0.4, -0.2) is 9.97 Å². The number of hydrogen-bond donors (Lipinski definition) is 1. The van der Waals surface area contributed by atoms with Crippen LogP contribution in [0.25, 0.3) is 22.2 Å². The molecule has 2 heterocycles. The summed E-state index contributed by atoms with van der Waals surface area (Å²) < 4.78 is 0. The van der Waals surface area contributed by atoms with Gasteiger partial charge in [0.1, 0.15) is 5.01 Å². The number of benzene rings is 1. The second-order valence-corrected chi connectivity index (χ2v) is 4.65. The molecule has 0 unspecified atom stereocenters. The Hall–Kier alpha value is -2.12. The standard InChI is InChI=1S/C13H9N3S/c14-6-5-13-16-12(8-17-13)10-7-15-11-4-2-1-3-9(10)11/h1-4,7-8,15H,5H2. The molecular weight excluding hydrogens is 230 g/mol. The number of nitriles is 1. The summed E-state index contributed by atoms with van der Waals surface area (Å²) in [6, 6.07) is 10.3. The van der Waals surface area contributed by atoms with Crippen LogP contribution in [0.15, 0.2) is 35.8 Å². The minimum Gasteiger partial charge on any atom is -0.360 e. The Morgan fingerprint density at radius 1 is 1.35 bits per heavy atom. The maximum atomic E-state index is 8.64. The molecule has 0 fully saturated rings. The third-order valence-corrected chi connectivity index (χ3v) is 3.50. The molecule has 1 N–H and O–H groups in total. The van der Waals surface area contributed by atoms with Gasteiger partial charge in [-0.15, -0.1) is 11.3 Å². The van der Waals surface area contributed by atoms with Crippen molar-refractivity contribution in [1.29, 1.82) is 5.26 Å². The van der Waals surface area contributed by atoms with Crippen LogP contribution < -0.4 is 0 Å². The summed E-state index contributed by atoms with van der Waals surface area (Å²) in [7, 11) is 0. The molecule has 0 spiro atoms. The Balaban J connectivity index is 2.11. The maximum absolute atomic E-state index is 8.64. The Morgan fingerprint density at radius 3 is 3.12 bits per heavy atom. The van der Waals surface area contributed by atoms with Crippen LogP contribution in [0.4, 0.5) is 0 Å². The first kappa shape index (κ1) is 10.1. The average Bonchev–Trinajstić information content (AvgIpc) is 2.95. The van der Waals surface area contributed by atoms with Gasteiger partial charge in [0.15, 0.2) is 0 Å². The van der Waals surface area contributed by atoms with Crippen molar-refractivity contribution in [3.8, 4) is 17.3 Å². The van der Waals surface area contributed by atoms with Gasteiger partial charge in [0, 0.05) is 28.0 Å². The first-order valence-corrected chi connectivity index (χ1v) is 6.14. The van der Waals surface area contributed by atoms with E-state index in [9.17, 15) is 0 Å². The molecule has 4 heteroatoms. The van der Waals surface area contributed by atoms with Crippen LogP contribution >= 0.6 is 11.3 Å². The third kappa shape index (κ3) is 1.71. The lowest BCUT2D eigenvalue weighted by atomic mass is 10.1. The molecule has 2 aromatic heterocycles. The van der Waals surface area contributed by atoms with E-state index in [0.717, 1.165) is 21.8 Å². The molecule has 0 bridgehead atoms. The SMILES string of the molecule is N#CCc1nc(-c2c[nH]c3ccccc23)cs1. The number of para-hydroxylation sites is 1. The van der Waals surface area contributed by atoms with Gasteiger partial charge in [-0.1, -0.05) is 18.2 Å². The fourth-order valence-electron chi connectivity index (χ4n) is 1.87. The number of H-pyrrole nitrogens is 1. The minimum atomic E-state index is 0.382. The summed E-state index contributed by atoms with van der Waals surface area (Å²) in [6.07, 6.45) is 2.35. The van der Waals surface area contributed by atoms with Crippen LogP contribution in [0.1, 0.15) is 5.01 Å². The summed E-state index contributed by atoms with van der Waals surface area (Å²) in [5.41, 5.74) is 3.15. The van der Waals surface area contributed by atoms with E-state index in [1.165, 1.54) is 16.7 Å². The minimum absolute atomic E-state index is 0.382. The molecule has 3 nitrogen and oxygen atoms in total.